The van der Waals surface area contributed by atoms with Gasteiger partial charge in [0.05, 0.1) is 16.6 Å². The average Bonchev–Trinajstić information content (AvgIpc) is 3.15. The monoisotopic (exact) mass is 357 g/mol. The summed E-state index contributed by atoms with van der Waals surface area (Å²) in [6.07, 6.45) is 4.51. The molecular weight excluding hydrogens is 338 g/mol. The van der Waals surface area contributed by atoms with Gasteiger partial charge in [0.2, 0.25) is 0 Å². The lowest BCUT2D eigenvalue weighted by atomic mass is 10.1. The van der Waals surface area contributed by atoms with E-state index in [0.717, 1.165) is 36.4 Å². The van der Waals surface area contributed by atoms with Crippen LogP contribution in [0.1, 0.15) is 35.4 Å². The van der Waals surface area contributed by atoms with Crippen molar-refractivity contribution in [1.82, 2.24) is 14.5 Å². The maximum Gasteiger partial charge on any atom is 0.274 e. The van der Waals surface area contributed by atoms with Gasteiger partial charge >= 0.3 is 0 Å². The first-order chi connectivity index (χ1) is 12.2. The normalized spacial score (nSPS) is 27.2. The largest absolute Gasteiger partial charge is 0.485 e. The Hall–Kier alpha value is -2.15. The van der Waals surface area contributed by atoms with Crippen molar-refractivity contribution in [2.75, 3.05) is 13.1 Å². The Labute approximate surface area is 148 Å². The van der Waals surface area contributed by atoms with Crippen molar-refractivity contribution in [2.45, 2.75) is 36.4 Å². The van der Waals surface area contributed by atoms with E-state index in [0.29, 0.717) is 25.4 Å². The number of ether oxygens (including phenoxy) is 1. The summed E-state index contributed by atoms with van der Waals surface area (Å²) >= 11 is 0. The number of nitrogens with zero attached hydrogens (tertiary/aromatic N) is 3. The van der Waals surface area contributed by atoms with E-state index in [1.165, 1.54) is 0 Å². The van der Waals surface area contributed by atoms with Crippen molar-refractivity contribution >= 4 is 16.7 Å². The third-order valence-electron chi connectivity index (χ3n) is 5.46. The fourth-order valence-corrected chi connectivity index (χ4v) is 6.04. The number of fused-ring (bicyclic) bond motifs is 5. The number of rotatable bonds is 1. The standard InChI is InChI=1S/C18H19N3O3S/c22-18(20-8-7-12-5-6-13(9-20)25(12)23)17-15-10-24-16-4-2-1-3-14(16)21(15)11-19-17/h1-4,11-13H,5-10H2. The van der Waals surface area contributed by atoms with Crippen LogP contribution in [0.15, 0.2) is 30.6 Å². The molecule has 3 unspecified atom stereocenters. The van der Waals surface area contributed by atoms with Gasteiger partial charge < -0.3 is 9.64 Å². The molecule has 3 aliphatic heterocycles. The molecule has 25 heavy (non-hydrogen) atoms. The van der Waals surface area contributed by atoms with Crippen LogP contribution >= 0.6 is 0 Å². The quantitative estimate of drug-likeness (QED) is 0.782. The van der Waals surface area contributed by atoms with Gasteiger partial charge in [-0.3, -0.25) is 13.6 Å². The van der Waals surface area contributed by atoms with Crippen LogP contribution in [-0.4, -0.2) is 48.2 Å². The van der Waals surface area contributed by atoms with Crippen LogP contribution in [0.25, 0.3) is 5.69 Å². The SMILES string of the molecule is O=C(c1ncn2c1COc1ccccc1-2)N1CCC2CCC(C1)S2=O. The number of hydrogen-bond acceptors (Lipinski definition) is 4. The smallest absolute Gasteiger partial charge is 0.274 e. The zero-order valence-electron chi connectivity index (χ0n) is 13.8. The molecule has 0 N–H and O–H groups in total. The summed E-state index contributed by atoms with van der Waals surface area (Å²) < 4.78 is 20.1. The molecule has 5 rings (SSSR count). The number of carbonyl (C=O) groups is 1. The zero-order chi connectivity index (χ0) is 17.0. The molecule has 0 aliphatic carbocycles. The summed E-state index contributed by atoms with van der Waals surface area (Å²) in [6.45, 7) is 1.57. The first-order valence-corrected chi connectivity index (χ1v) is 9.97. The number of amides is 1. The highest BCUT2D eigenvalue weighted by Gasteiger charge is 2.39. The third-order valence-corrected chi connectivity index (χ3v) is 7.63. The Balaban J connectivity index is 1.46. The van der Waals surface area contributed by atoms with Gasteiger partial charge in [-0.05, 0) is 31.4 Å². The second-order valence-corrected chi connectivity index (χ2v) is 8.85. The summed E-state index contributed by atoms with van der Waals surface area (Å²) in [5, 5.41) is 0.376. The summed E-state index contributed by atoms with van der Waals surface area (Å²) in [5.41, 5.74) is 2.16. The van der Waals surface area contributed by atoms with Crippen LogP contribution in [0.5, 0.6) is 5.75 Å². The van der Waals surface area contributed by atoms with Crippen LogP contribution in [0.4, 0.5) is 0 Å². The number of para-hydroxylation sites is 2. The van der Waals surface area contributed by atoms with Crippen LogP contribution in [0, 0.1) is 0 Å². The first kappa shape index (κ1) is 15.1. The van der Waals surface area contributed by atoms with Crippen molar-refractivity contribution in [3.05, 3.63) is 42.0 Å². The molecule has 2 aromatic rings. The lowest BCUT2D eigenvalue weighted by Gasteiger charge is -2.25. The Bertz CT molecular complexity index is 878. The maximum atomic E-state index is 13.1. The van der Waals surface area contributed by atoms with Crippen molar-refractivity contribution in [3.63, 3.8) is 0 Å². The number of aromatic nitrogens is 2. The predicted molar refractivity (Wildman–Crippen MR) is 93.4 cm³/mol. The first-order valence-electron chi connectivity index (χ1n) is 8.69. The van der Waals surface area contributed by atoms with Crippen LogP contribution in [0.2, 0.25) is 0 Å². The highest BCUT2D eigenvalue weighted by Crippen LogP contribution is 2.33. The second kappa shape index (κ2) is 5.69. The van der Waals surface area contributed by atoms with Gasteiger partial charge in [-0.1, -0.05) is 12.1 Å². The van der Waals surface area contributed by atoms with E-state index in [9.17, 15) is 9.00 Å². The van der Waals surface area contributed by atoms with Crippen molar-refractivity contribution in [1.29, 1.82) is 0 Å². The minimum absolute atomic E-state index is 0.0683. The molecule has 130 valence electrons. The molecule has 1 aromatic carbocycles. The van der Waals surface area contributed by atoms with Gasteiger partial charge in [-0.2, -0.15) is 0 Å². The molecule has 2 fully saturated rings. The van der Waals surface area contributed by atoms with Crippen molar-refractivity contribution in [2.24, 2.45) is 0 Å². The summed E-state index contributed by atoms with van der Waals surface area (Å²) in [4.78, 5) is 19.3. The van der Waals surface area contributed by atoms with Crippen molar-refractivity contribution in [3.8, 4) is 11.4 Å². The number of imidazole rings is 1. The molecule has 3 atom stereocenters. The third kappa shape index (κ3) is 2.33. The summed E-state index contributed by atoms with van der Waals surface area (Å²) in [6, 6.07) is 7.75. The highest BCUT2D eigenvalue weighted by atomic mass is 32.2. The van der Waals surface area contributed by atoms with Gasteiger partial charge in [0.15, 0.2) is 5.69 Å². The van der Waals surface area contributed by atoms with E-state index in [-0.39, 0.29) is 16.4 Å². The molecule has 2 bridgehead atoms. The zero-order valence-corrected chi connectivity index (χ0v) is 14.6. The van der Waals surface area contributed by atoms with Crippen molar-refractivity contribution < 1.29 is 13.7 Å². The highest BCUT2D eigenvalue weighted by molar-refractivity contribution is 7.86. The van der Waals surface area contributed by atoms with Gasteiger partial charge in [0.1, 0.15) is 18.7 Å². The predicted octanol–water partition coefficient (Wildman–Crippen LogP) is 1.89. The minimum Gasteiger partial charge on any atom is -0.485 e. The lowest BCUT2D eigenvalue weighted by molar-refractivity contribution is 0.0742. The lowest BCUT2D eigenvalue weighted by Crippen LogP contribution is -2.38. The van der Waals surface area contributed by atoms with E-state index in [4.69, 9.17) is 4.74 Å². The number of benzene rings is 1. The van der Waals surface area contributed by atoms with Crippen LogP contribution in [0.3, 0.4) is 0 Å². The van der Waals surface area contributed by atoms with Gasteiger partial charge in [-0.25, -0.2) is 4.98 Å². The molecule has 0 radical (unpaired) electrons. The Morgan fingerprint density at radius 3 is 2.96 bits per heavy atom. The topological polar surface area (TPSA) is 64.4 Å². The maximum absolute atomic E-state index is 13.1. The van der Waals surface area contributed by atoms with E-state index >= 15 is 0 Å². The molecule has 1 aromatic heterocycles. The van der Waals surface area contributed by atoms with E-state index in [2.05, 4.69) is 4.98 Å². The van der Waals surface area contributed by atoms with Gasteiger partial charge in [0.25, 0.3) is 5.91 Å². The minimum atomic E-state index is -0.796. The number of hydrogen-bond donors (Lipinski definition) is 0. The number of carbonyl (C=O) groups excluding carboxylic acids is 1. The fraction of sp³-hybridized carbons (Fsp3) is 0.444. The molecule has 0 spiro atoms. The van der Waals surface area contributed by atoms with E-state index < -0.39 is 10.8 Å². The van der Waals surface area contributed by atoms with E-state index in [1.54, 1.807) is 6.33 Å². The molecule has 4 heterocycles. The molecule has 2 saturated heterocycles. The Morgan fingerprint density at radius 1 is 1.20 bits per heavy atom. The molecule has 6 nitrogen and oxygen atoms in total. The van der Waals surface area contributed by atoms with Gasteiger partial charge in [0, 0.05) is 29.1 Å². The van der Waals surface area contributed by atoms with Crippen LogP contribution in [-0.2, 0) is 17.4 Å². The number of likely N-dealkylation sites (tertiary alicyclic amines) is 1. The average molecular weight is 357 g/mol. The van der Waals surface area contributed by atoms with Crippen LogP contribution < -0.4 is 4.74 Å². The molecular formula is C18H19N3O3S. The summed E-state index contributed by atoms with van der Waals surface area (Å²) in [7, 11) is -0.796. The Kier molecular flexibility index (Phi) is 3.45. The van der Waals surface area contributed by atoms with E-state index in [1.807, 2.05) is 33.7 Å². The van der Waals surface area contributed by atoms with Gasteiger partial charge in [-0.15, -0.1) is 0 Å². The second-order valence-electron chi connectivity index (χ2n) is 6.86. The fourth-order valence-electron chi connectivity index (χ4n) is 4.09. The Morgan fingerprint density at radius 2 is 2.04 bits per heavy atom. The molecule has 0 saturated carbocycles. The molecule has 3 aliphatic rings. The molecule has 7 heteroatoms. The molecule has 1 amide bonds. The summed E-state index contributed by atoms with van der Waals surface area (Å²) in [5.74, 6) is 0.732.